The highest BCUT2D eigenvalue weighted by molar-refractivity contribution is 14.1. The Labute approximate surface area is 130 Å². The molecule has 19 heavy (non-hydrogen) atoms. The molecule has 2 fully saturated rings. The molecule has 2 nitrogen and oxygen atoms in total. The number of piperazine rings is 1. The smallest absolute Gasteiger partial charge is 0.0505 e. The van der Waals surface area contributed by atoms with Crippen LogP contribution in [0.5, 0.6) is 0 Å². The van der Waals surface area contributed by atoms with E-state index >= 15 is 0 Å². The first-order valence-electron chi connectivity index (χ1n) is 7.55. The zero-order valence-electron chi connectivity index (χ0n) is 11.7. The Morgan fingerprint density at radius 3 is 2.84 bits per heavy atom. The summed E-state index contributed by atoms with van der Waals surface area (Å²) in [6.07, 6.45) is 5.44. The number of nitrogens with zero attached hydrogens (tertiary/aromatic N) is 2. The van der Waals surface area contributed by atoms with Crippen LogP contribution >= 0.6 is 22.6 Å². The number of hydrogen-bond donors (Lipinski definition) is 0. The minimum Gasteiger partial charge on any atom is -0.365 e. The van der Waals surface area contributed by atoms with Gasteiger partial charge in [-0.1, -0.05) is 25.5 Å². The summed E-state index contributed by atoms with van der Waals surface area (Å²) in [5, 5.41) is 0. The third kappa shape index (κ3) is 2.77. The highest BCUT2D eigenvalue weighted by atomic mass is 127. The molecule has 0 aromatic heterocycles. The van der Waals surface area contributed by atoms with Crippen LogP contribution in [0.3, 0.4) is 0 Å². The van der Waals surface area contributed by atoms with Gasteiger partial charge in [0.05, 0.1) is 5.69 Å². The average Bonchev–Trinajstić information content (AvgIpc) is 2.46. The van der Waals surface area contributed by atoms with Gasteiger partial charge in [0.1, 0.15) is 0 Å². The van der Waals surface area contributed by atoms with Gasteiger partial charge in [0.15, 0.2) is 0 Å². The molecule has 2 heterocycles. The van der Waals surface area contributed by atoms with E-state index in [2.05, 4.69) is 63.6 Å². The number of halogens is 1. The Balaban J connectivity index is 1.85. The third-order valence-corrected chi connectivity index (χ3v) is 5.59. The fraction of sp³-hybridized carbons (Fsp3) is 0.625. The van der Waals surface area contributed by atoms with E-state index in [1.807, 2.05) is 0 Å². The summed E-state index contributed by atoms with van der Waals surface area (Å²) in [4.78, 5) is 5.41. The summed E-state index contributed by atoms with van der Waals surface area (Å²) < 4.78 is 1.39. The van der Waals surface area contributed by atoms with Gasteiger partial charge in [0.25, 0.3) is 0 Å². The van der Waals surface area contributed by atoms with Crippen LogP contribution in [-0.4, -0.2) is 36.6 Å². The highest BCUT2D eigenvalue weighted by Gasteiger charge is 2.34. The highest BCUT2D eigenvalue weighted by Crippen LogP contribution is 2.31. The maximum atomic E-state index is 2.74. The van der Waals surface area contributed by atoms with Crippen molar-refractivity contribution in [1.82, 2.24) is 4.90 Å². The predicted molar refractivity (Wildman–Crippen MR) is 89.8 cm³/mol. The summed E-state index contributed by atoms with van der Waals surface area (Å²) in [5.41, 5.74) is 1.44. The molecule has 0 radical (unpaired) electrons. The van der Waals surface area contributed by atoms with E-state index in [-0.39, 0.29) is 0 Å². The van der Waals surface area contributed by atoms with Crippen molar-refractivity contribution in [3.8, 4) is 0 Å². The van der Waals surface area contributed by atoms with E-state index in [1.54, 1.807) is 0 Å². The molecule has 3 heteroatoms. The lowest BCUT2D eigenvalue weighted by Crippen LogP contribution is -2.59. The summed E-state index contributed by atoms with van der Waals surface area (Å²) in [5.74, 6) is 0. The number of fused-ring (bicyclic) bond motifs is 1. The Kier molecular flexibility index (Phi) is 4.32. The van der Waals surface area contributed by atoms with Gasteiger partial charge in [0, 0.05) is 28.7 Å². The zero-order valence-corrected chi connectivity index (χ0v) is 13.8. The topological polar surface area (TPSA) is 6.48 Å². The van der Waals surface area contributed by atoms with Crippen LogP contribution in [-0.2, 0) is 0 Å². The molecular weight excluding hydrogens is 347 g/mol. The zero-order chi connectivity index (χ0) is 13.2. The summed E-state index contributed by atoms with van der Waals surface area (Å²) in [7, 11) is 0. The quantitative estimate of drug-likeness (QED) is 0.732. The maximum absolute atomic E-state index is 2.74. The van der Waals surface area contributed by atoms with Crippen LogP contribution in [0, 0.1) is 3.57 Å². The molecule has 1 aromatic carbocycles. The third-order valence-electron chi connectivity index (χ3n) is 4.68. The molecule has 0 spiro atoms. The first-order chi connectivity index (χ1) is 9.29. The van der Waals surface area contributed by atoms with Gasteiger partial charge in [-0.15, -0.1) is 0 Å². The maximum Gasteiger partial charge on any atom is 0.0505 e. The van der Waals surface area contributed by atoms with E-state index in [0.717, 1.165) is 6.04 Å². The molecule has 0 saturated carbocycles. The van der Waals surface area contributed by atoms with E-state index in [0.29, 0.717) is 6.04 Å². The van der Waals surface area contributed by atoms with Crippen molar-refractivity contribution >= 4 is 28.3 Å². The fourth-order valence-corrected chi connectivity index (χ4v) is 4.28. The average molecular weight is 370 g/mol. The molecule has 0 N–H and O–H groups in total. The standard InChI is InChI=1S/C16H23IN2/c1-2-13-11-18-10-6-5-7-14(18)12-19(13)16-9-4-3-8-15(16)17/h3-4,8-9,13-14H,2,5-7,10-12H2,1H3. The van der Waals surface area contributed by atoms with Gasteiger partial charge in [-0.2, -0.15) is 0 Å². The molecule has 2 unspecified atom stereocenters. The van der Waals surface area contributed by atoms with E-state index < -0.39 is 0 Å². The normalized spacial score (nSPS) is 28.2. The number of benzene rings is 1. The number of rotatable bonds is 2. The van der Waals surface area contributed by atoms with Crippen LogP contribution in [0.1, 0.15) is 32.6 Å². The molecule has 104 valence electrons. The van der Waals surface area contributed by atoms with Crippen molar-refractivity contribution in [2.24, 2.45) is 0 Å². The van der Waals surface area contributed by atoms with Crippen LogP contribution in [0.2, 0.25) is 0 Å². The SMILES string of the molecule is CCC1CN2CCCCC2CN1c1ccccc1I. The van der Waals surface area contributed by atoms with Gasteiger partial charge in [-0.3, -0.25) is 4.90 Å². The molecule has 2 aliphatic heterocycles. The Morgan fingerprint density at radius 1 is 1.21 bits per heavy atom. The van der Waals surface area contributed by atoms with Crippen molar-refractivity contribution in [3.05, 3.63) is 27.8 Å². The lowest BCUT2D eigenvalue weighted by Gasteiger charge is -2.49. The van der Waals surface area contributed by atoms with Crippen LogP contribution in [0.4, 0.5) is 5.69 Å². The van der Waals surface area contributed by atoms with Gasteiger partial charge in [-0.25, -0.2) is 0 Å². The van der Waals surface area contributed by atoms with E-state index in [4.69, 9.17) is 0 Å². The minimum atomic E-state index is 0.685. The van der Waals surface area contributed by atoms with Crippen molar-refractivity contribution in [2.75, 3.05) is 24.5 Å². The number of anilines is 1. The second kappa shape index (κ2) is 6.00. The van der Waals surface area contributed by atoms with Crippen LogP contribution in [0.15, 0.2) is 24.3 Å². The molecule has 0 aliphatic carbocycles. The number of hydrogen-bond acceptors (Lipinski definition) is 2. The van der Waals surface area contributed by atoms with Crippen molar-refractivity contribution in [2.45, 2.75) is 44.7 Å². The Bertz CT molecular complexity index is 435. The lowest BCUT2D eigenvalue weighted by molar-refractivity contribution is 0.111. The lowest BCUT2D eigenvalue weighted by atomic mass is 9.95. The number of piperidine rings is 1. The molecule has 2 aliphatic rings. The van der Waals surface area contributed by atoms with E-state index in [1.165, 1.54) is 54.6 Å². The molecular formula is C16H23IN2. The van der Waals surface area contributed by atoms with Gasteiger partial charge in [-0.05, 0) is 60.5 Å². The van der Waals surface area contributed by atoms with Gasteiger partial charge >= 0.3 is 0 Å². The summed E-state index contributed by atoms with van der Waals surface area (Å²) >= 11 is 2.48. The summed E-state index contributed by atoms with van der Waals surface area (Å²) in [6.45, 7) is 6.13. The van der Waals surface area contributed by atoms with Crippen molar-refractivity contribution in [1.29, 1.82) is 0 Å². The number of para-hydroxylation sites is 1. The first-order valence-corrected chi connectivity index (χ1v) is 8.62. The van der Waals surface area contributed by atoms with Gasteiger partial charge < -0.3 is 4.90 Å². The largest absolute Gasteiger partial charge is 0.365 e. The predicted octanol–water partition coefficient (Wildman–Crippen LogP) is 3.74. The molecule has 2 atom stereocenters. The van der Waals surface area contributed by atoms with Crippen molar-refractivity contribution < 1.29 is 0 Å². The van der Waals surface area contributed by atoms with Gasteiger partial charge in [0.2, 0.25) is 0 Å². The Hall–Kier alpha value is -0.290. The molecule has 0 amide bonds. The van der Waals surface area contributed by atoms with E-state index in [9.17, 15) is 0 Å². The Morgan fingerprint density at radius 2 is 2.05 bits per heavy atom. The second-order valence-corrected chi connectivity index (χ2v) is 6.97. The molecule has 2 saturated heterocycles. The second-order valence-electron chi connectivity index (χ2n) is 5.81. The summed E-state index contributed by atoms with van der Waals surface area (Å²) in [6, 6.07) is 10.3. The fourth-order valence-electron chi connectivity index (χ4n) is 3.58. The van der Waals surface area contributed by atoms with Crippen LogP contribution in [0.25, 0.3) is 0 Å². The molecule has 1 aromatic rings. The van der Waals surface area contributed by atoms with Crippen LogP contribution < -0.4 is 4.90 Å². The molecule has 0 bridgehead atoms. The molecule has 3 rings (SSSR count). The monoisotopic (exact) mass is 370 g/mol. The minimum absolute atomic E-state index is 0.685. The first kappa shape index (κ1) is 13.7. The van der Waals surface area contributed by atoms with Crippen molar-refractivity contribution in [3.63, 3.8) is 0 Å².